The molecule has 39 heavy (non-hydrogen) atoms. The second-order valence-corrected chi connectivity index (χ2v) is 14.2. The summed E-state index contributed by atoms with van der Waals surface area (Å²) in [7, 11) is -3.68. The van der Waals surface area contributed by atoms with Crippen LogP contribution in [0.4, 0.5) is 5.13 Å². The van der Waals surface area contributed by atoms with Gasteiger partial charge in [-0.1, -0.05) is 46.8 Å². The lowest BCUT2D eigenvalue weighted by Crippen LogP contribution is -2.71. The third-order valence-corrected chi connectivity index (χ3v) is 11.3. The van der Waals surface area contributed by atoms with E-state index >= 15 is 0 Å². The third-order valence-electron chi connectivity index (χ3n) is 5.70. The van der Waals surface area contributed by atoms with E-state index in [1.807, 2.05) is 0 Å². The molecule has 4 heterocycles. The smallest absolute Gasteiger partial charge is 0.353 e. The Balaban J connectivity index is 1.58. The largest absolute Gasteiger partial charge is 0.477 e. The molecule has 2 aliphatic heterocycles. The number of β-lactam (4-membered cyclic amide) rings is 1. The van der Waals surface area contributed by atoms with Crippen molar-refractivity contribution in [3.8, 4) is 0 Å². The number of sulfone groups is 1. The minimum absolute atomic E-state index is 0.00348. The van der Waals surface area contributed by atoms with E-state index in [1.54, 1.807) is 0 Å². The molecular formula is C20H20ClN7O7S4. The summed E-state index contributed by atoms with van der Waals surface area (Å²) in [4.78, 5) is 47.5. The van der Waals surface area contributed by atoms with Crippen molar-refractivity contribution in [3.63, 3.8) is 0 Å². The van der Waals surface area contributed by atoms with Crippen molar-refractivity contribution >= 4 is 84.9 Å². The highest BCUT2D eigenvalue weighted by atomic mass is 35.5. The molecule has 0 aromatic carbocycles. The maximum atomic E-state index is 13.0. The van der Waals surface area contributed by atoms with Gasteiger partial charge in [-0.15, -0.1) is 11.8 Å². The van der Waals surface area contributed by atoms with Gasteiger partial charge in [-0.3, -0.25) is 19.5 Å². The number of pyridine rings is 1. The molecule has 2 aromatic rings. The molecule has 0 spiro atoms. The summed E-state index contributed by atoms with van der Waals surface area (Å²) < 4.78 is 24.7. The zero-order chi connectivity index (χ0) is 28.6. The van der Waals surface area contributed by atoms with Crippen molar-refractivity contribution in [1.82, 2.24) is 20.2 Å². The zero-order valence-electron chi connectivity index (χ0n) is 19.8. The minimum Gasteiger partial charge on any atom is -0.477 e. The van der Waals surface area contributed by atoms with Crippen LogP contribution in [0.5, 0.6) is 0 Å². The van der Waals surface area contributed by atoms with Gasteiger partial charge in [0.25, 0.3) is 11.8 Å². The number of anilines is 1. The lowest BCUT2D eigenvalue weighted by molar-refractivity contribution is -0.150. The van der Waals surface area contributed by atoms with E-state index in [0.717, 1.165) is 28.0 Å². The number of halogens is 1. The van der Waals surface area contributed by atoms with Crippen molar-refractivity contribution in [2.45, 2.75) is 28.6 Å². The van der Waals surface area contributed by atoms with Crippen molar-refractivity contribution < 1.29 is 33.1 Å². The number of nitrogens with zero attached hydrogens (tertiary/aromatic N) is 4. The number of hydrogen-bond acceptors (Lipinski definition) is 14. The van der Waals surface area contributed by atoms with Gasteiger partial charge in [0, 0.05) is 39.3 Å². The van der Waals surface area contributed by atoms with Crippen molar-refractivity contribution in [3.05, 3.63) is 44.7 Å². The van der Waals surface area contributed by atoms with Crippen LogP contribution in [0.15, 0.2) is 39.1 Å². The van der Waals surface area contributed by atoms with Crippen LogP contribution >= 0.6 is 46.5 Å². The van der Waals surface area contributed by atoms with Crippen LogP contribution in [0.3, 0.4) is 0 Å². The predicted molar refractivity (Wildman–Crippen MR) is 146 cm³/mol. The van der Waals surface area contributed by atoms with Crippen LogP contribution in [0, 0.1) is 0 Å². The Morgan fingerprint density at radius 3 is 2.74 bits per heavy atom. The van der Waals surface area contributed by atoms with Crippen molar-refractivity contribution in [2.24, 2.45) is 10.9 Å². The second-order valence-electron chi connectivity index (χ2n) is 7.95. The normalized spacial score (nSPS) is 20.3. The molecule has 0 aliphatic carbocycles. The van der Waals surface area contributed by atoms with Crippen LogP contribution in [-0.2, 0) is 24.2 Å². The highest BCUT2D eigenvalue weighted by Crippen LogP contribution is 2.46. The van der Waals surface area contributed by atoms with Crippen molar-refractivity contribution in [2.75, 3.05) is 17.2 Å². The molecule has 4 rings (SSSR count). The molecule has 1 unspecified atom stereocenters. The molecule has 14 nitrogen and oxygen atoms in total. The molecule has 0 radical (unpaired) electrons. The van der Waals surface area contributed by atoms with E-state index in [0.29, 0.717) is 4.90 Å². The van der Waals surface area contributed by atoms with Crippen molar-refractivity contribution in [1.29, 1.82) is 0 Å². The van der Waals surface area contributed by atoms with E-state index in [4.69, 9.17) is 23.1 Å². The van der Waals surface area contributed by atoms with Crippen LogP contribution in [-0.4, -0.2) is 80.0 Å². The maximum absolute atomic E-state index is 13.0. The first kappa shape index (κ1) is 29.1. The molecule has 3 atom stereocenters. The van der Waals surface area contributed by atoms with Crippen LogP contribution in [0.1, 0.15) is 23.6 Å². The number of nitrogen functional groups attached to an aromatic ring is 1. The first-order valence-electron chi connectivity index (χ1n) is 10.9. The van der Waals surface area contributed by atoms with Gasteiger partial charge in [-0.2, -0.15) is 0 Å². The van der Waals surface area contributed by atoms with E-state index in [-0.39, 0.29) is 42.8 Å². The van der Waals surface area contributed by atoms with Gasteiger partial charge in [0.05, 0.1) is 0 Å². The number of carboxylic acids is 1. The fourth-order valence-corrected chi connectivity index (χ4v) is 8.29. The maximum Gasteiger partial charge on any atom is 0.353 e. The number of thiazole rings is 1. The minimum atomic E-state index is -3.68. The Bertz CT molecular complexity index is 1530. The van der Waals surface area contributed by atoms with Gasteiger partial charge in [-0.05, 0) is 6.07 Å². The molecule has 1 saturated heterocycles. The number of fused-ring (bicyclic) bond motifs is 1. The van der Waals surface area contributed by atoms with Gasteiger partial charge in [0.1, 0.15) is 32.5 Å². The first-order valence-corrected chi connectivity index (χ1v) is 15.6. The average molecular weight is 634 g/mol. The number of carboxylic acid groups (broad SMARTS) is 1. The Morgan fingerprint density at radius 2 is 2.15 bits per heavy atom. The highest BCUT2D eigenvalue weighted by Gasteiger charge is 2.54. The number of rotatable bonds is 9. The van der Waals surface area contributed by atoms with Gasteiger partial charge in [-0.25, -0.2) is 18.2 Å². The highest BCUT2D eigenvalue weighted by molar-refractivity contribution is 8.06. The Kier molecular flexibility index (Phi) is 8.43. The fourth-order valence-electron chi connectivity index (χ4n) is 3.75. The van der Waals surface area contributed by atoms with E-state index in [9.17, 15) is 33.1 Å². The Labute approximate surface area is 238 Å². The summed E-state index contributed by atoms with van der Waals surface area (Å²) >= 11 is 9.01. The van der Waals surface area contributed by atoms with E-state index in [2.05, 4.69) is 20.4 Å². The number of amides is 2. The van der Waals surface area contributed by atoms with Gasteiger partial charge >= 0.3 is 5.97 Å². The Hall–Kier alpha value is -2.90. The molecular weight excluding hydrogens is 614 g/mol. The van der Waals surface area contributed by atoms with E-state index in [1.165, 1.54) is 37.1 Å². The SMILES string of the molecule is CCS(=O)(=O)C(N)c1cnccc1SC1=C(C(=O)O)N2C(=O)[C@@H](NC(=O)/C(=N\O)c3nc(N)sc3Cl)[C@@H]2SC1. The molecule has 2 aromatic heterocycles. The summed E-state index contributed by atoms with van der Waals surface area (Å²) in [6, 6.07) is 0.385. The quantitative estimate of drug-likeness (QED) is 0.112. The molecule has 2 amide bonds. The second kappa shape index (κ2) is 11.3. The molecule has 2 aliphatic rings. The number of aromatic nitrogens is 2. The van der Waals surface area contributed by atoms with Crippen LogP contribution < -0.4 is 16.8 Å². The summed E-state index contributed by atoms with van der Waals surface area (Å²) in [5, 5.41) is 22.6. The fraction of sp³-hybridized carbons (Fsp3) is 0.300. The number of thioether (sulfide) groups is 2. The topological polar surface area (TPSA) is 231 Å². The number of carbonyl (C=O) groups excluding carboxylic acids is 2. The first-order chi connectivity index (χ1) is 18.4. The average Bonchev–Trinajstić information content (AvgIpc) is 3.24. The summed E-state index contributed by atoms with van der Waals surface area (Å²) in [6.45, 7) is 1.46. The number of carbonyl (C=O) groups is 3. The number of nitrogens with two attached hydrogens (primary N) is 2. The standard InChI is InChI=1S/C20H20ClN7O7S4/c1-2-39(34,35)15(22)7-5-24-4-3-8(7)37-9-6-36-18-12(17(30)28(18)13(9)19(31)32)25-16(29)11(27-33)10-14(21)38-20(23)26-10/h3-5,12,15,18,33H,2,6,22H2,1H3,(H2,23,26)(H,25,29)(H,31,32)/b27-11-/t12-,15?,18+/m1/s1. The Morgan fingerprint density at radius 1 is 1.44 bits per heavy atom. The third kappa shape index (κ3) is 5.44. The number of aliphatic carboxylic acids is 1. The van der Waals surface area contributed by atoms with Crippen LogP contribution in [0.25, 0.3) is 0 Å². The summed E-state index contributed by atoms with van der Waals surface area (Å²) in [6.07, 6.45) is 2.72. The van der Waals surface area contributed by atoms with Gasteiger partial charge in [0.15, 0.2) is 20.7 Å². The molecule has 1 fully saturated rings. The molecule has 0 bridgehead atoms. The molecule has 208 valence electrons. The predicted octanol–water partition coefficient (Wildman–Crippen LogP) is 0.832. The summed E-state index contributed by atoms with van der Waals surface area (Å²) in [5.74, 6) is -3.13. The lowest BCUT2D eigenvalue weighted by atomic mass is 10.0. The van der Waals surface area contributed by atoms with E-state index < -0.39 is 50.1 Å². The van der Waals surface area contributed by atoms with Crippen LogP contribution in [0.2, 0.25) is 4.34 Å². The molecule has 19 heteroatoms. The molecule has 7 N–H and O–H groups in total. The lowest BCUT2D eigenvalue weighted by Gasteiger charge is -2.49. The molecule has 0 saturated carbocycles. The summed E-state index contributed by atoms with van der Waals surface area (Å²) in [5.41, 5.74) is 10.7. The number of hydrogen-bond donors (Lipinski definition) is 5. The monoisotopic (exact) mass is 633 g/mol. The number of nitrogens with one attached hydrogen (secondary N) is 1. The van der Waals surface area contributed by atoms with Gasteiger partial charge in [0.2, 0.25) is 0 Å². The zero-order valence-corrected chi connectivity index (χ0v) is 23.8. The number of oxime groups is 1. The van der Waals surface area contributed by atoms with Gasteiger partial charge < -0.3 is 27.1 Å².